The lowest BCUT2D eigenvalue weighted by atomic mass is 10.4. The first-order chi connectivity index (χ1) is 6.70. The summed E-state index contributed by atoms with van der Waals surface area (Å²) < 4.78 is 4.95. The van der Waals surface area contributed by atoms with E-state index in [1.807, 2.05) is 0 Å². The van der Waals surface area contributed by atoms with E-state index in [9.17, 15) is 4.79 Å². The van der Waals surface area contributed by atoms with Gasteiger partial charge in [0.15, 0.2) is 0 Å². The van der Waals surface area contributed by atoms with Gasteiger partial charge >= 0.3 is 6.09 Å². The van der Waals surface area contributed by atoms with E-state index < -0.39 is 12.3 Å². The van der Waals surface area contributed by atoms with Crippen LogP contribution in [-0.4, -0.2) is 42.3 Å². The largest absolute Gasteiger partial charge is 0.465 e. The first kappa shape index (κ1) is 12.5. The maximum atomic E-state index is 10.1. The van der Waals surface area contributed by atoms with Gasteiger partial charge in [-0.15, -0.1) is 0 Å². The highest BCUT2D eigenvalue weighted by Crippen LogP contribution is 1.97. The molecule has 0 fully saturated rings. The highest BCUT2D eigenvalue weighted by atomic mass is 16.5. The van der Waals surface area contributed by atoms with E-state index in [4.69, 9.17) is 20.5 Å². The Morgan fingerprint density at radius 3 is 2.93 bits per heavy atom. The third kappa shape index (κ3) is 7.17. The molecule has 0 aliphatic carbocycles. The number of carbonyl (C=O) groups is 1. The minimum atomic E-state index is -1.13. The Labute approximate surface area is 80.1 Å². The van der Waals surface area contributed by atoms with Gasteiger partial charge in [-0.05, 0) is 0 Å². The Bertz CT molecular complexity index is 216. The highest BCUT2D eigenvalue weighted by Gasteiger charge is 2.12. The number of hydrogen-bond donors (Lipinski definition) is 4. The van der Waals surface area contributed by atoms with Crippen LogP contribution < -0.4 is 10.2 Å². The van der Waals surface area contributed by atoms with Crippen molar-refractivity contribution in [1.82, 2.24) is 10.2 Å². The van der Waals surface area contributed by atoms with Crippen molar-refractivity contribution in [3.63, 3.8) is 0 Å². The second-order valence-electron chi connectivity index (χ2n) is 2.29. The van der Waals surface area contributed by atoms with Crippen molar-refractivity contribution in [2.24, 2.45) is 5.11 Å². The fourth-order valence-corrected chi connectivity index (χ4v) is 0.730. The van der Waals surface area contributed by atoms with E-state index >= 15 is 0 Å². The minimum Gasteiger partial charge on any atom is -0.465 e. The molecule has 0 saturated carbocycles. The van der Waals surface area contributed by atoms with E-state index in [-0.39, 0.29) is 26.2 Å². The summed E-state index contributed by atoms with van der Waals surface area (Å²) >= 11 is 0. The van der Waals surface area contributed by atoms with Crippen LogP contribution in [-0.2, 0) is 4.74 Å². The molecule has 1 amide bonds. The highest BCUT2D eigenvalue weighted by molar-refractivity contribution is 5.64. The maximum Gasteiger partial charge on any atom is 0.404 e. The van der Waals surface area contributed by atoms with Gasteiger partial charge in [-0.3, -0.25) is 0 Å². The Morgan fingerprint density at radius 2 is 2.43 bits per heavy atom. The summed E-state index contributed by atoms with van der Waals surface area (Å²) in [5.74, 6) is 0. The van der Waals surface area contributed by atoms with Crippen LogP contribution in [0.1, 0.15) is 6.42 Å². The van der Waals surface area contributed by atoms with Crippen molar-refractivity contribution in [3.8, 4) is 0 Å². The monoisotopic (exact) mass is 205 g/mol. The minimum absolute atomic E-state index is 0.0801. The van der Waals surface area contributed by atoms with E-state index in [2.05, 4.69) is 15.3 Å². The van der Waals surface area contributed by atoms with Crippen molar-refractivity contribution >= 4 is 6.09 Å². The molecule has 0 spiro atoms. The molecule has 1 unspecified atom stereocenters. The molecular formula is C6H13N4O4+. The van der Waals surface area contributed by atoms with Crippen LogP contribution in [0.3, 0.4) is 0 Å². The molecule has 8 nitrogen and oxygen atoms in total. The molecule has 80 valence electrons. The van der Waals surface area contributed by atoms with Gasteiger partial charge in [0.05, 0.1) is 13.2 Å². The Balaban J connectivity index is 3.72. The molecule has 0 aromatic carbocycles. The quantitative estimate of drug-likeness (QED) is 0.330. The fourth-order valence-electron chi connectivity index (χ4n) is 0.730. The lowest BCUT2D eigenvalue weighted by Crippen LogP contribution is -2.26. The Kier molecular flexibility index (Phi) is 7.24. The SMILES string of the molecule is N=[N+]=NC(CCNC(=O)O)OCCO. The van der Waals surface area contributed by atoms with Gasteiger partial charge in [-0.1, -0.05) is 0 Å². The molecule has 14 heavy (non-hydrogen) atoms. The molecule has 4 N–H and O–H groups in total. The normalized spacial score (nSPS) is 11.5. The van der Waals surface area contributed by atoms with E-state index in [0.717, 1.165) is 0 Å². The van der Waals surface area contributed by atoms with Crippen molar-refractivity contribution in [2.75, 3.05) is 19.8 Å². The van der Waals surface area contributed by atoms with Crippen LogP contribution >= 0.6 is 0 Å². The molecule has 0 saturated heterocycles. The molecule has 0 aliphatic heterocycles. The summed E-state index contributed by atoms with van der Waals surface area (Å²) in [5.41, 5.74) is 6.47. The molecule has 8 heteroatoms. The topological polar surface area (TPSA) is 129 Å². The van der Waals surface area contributed by atoms with E-state index in [1.54, 1.807) is 0 Å². The number of aliphatic hydroxyl groups excluding tert-OH is 1. The second kappa shape index (κ2) is 8.11. The van der Waals surface area contributed by atoms with Gasteiger partial charge in [0.2, 0.25) is 11.1 Å². The number of amides is 1. The smallest absolute Gasteiger partial charge is 0.404 e. The predicted molar refractivity (Wildman–Crippen MR) is 44.8 cm³/mol. The molecule has 0 heterocycles. The van der Waals surface area contributed by atoms with Crippen LogP contribution in [0.25, 0.3) is 0 Å². The summed E-state index contributed by atoms with van der Waals surface area (Å²) in [6.07, 6.45) is -1.55. The summed E-state index contributed by atoms with van der Waals surface area (Å²) in [6.45, 7) is 0.0809. The van der Waals surface area contributed by atoms with Crippen LogP contribution in [0.2, 0.25) is 0 Å². The predicted octanol–water partition coefficient (Wildman–Crippen LogP) is -0.471. The fraction of sp³-hybridized carbons (Fsp3) is 0.833. The van der Waals surface area contributed by atoms with Crippen LogP contribution in [0.15, 0.2) is 5.11 Å². The van der Waals surface area contributed by atoms with Gasteiger partial charge in [-0.2, -0.15) is 0 Å². The summed E-state index contributed by atoms with van der Waals surface area (Å²) in [5, 5.41) is 22.2. The number of nitrogens with zero attached hydrogens (tertiary/aromatic N) is 2. The lowest BCUT2D eigenvalue weighted by molar-refractivity contribution is 0.0245. The summed E-state index contributed by atoms with van der Waals surface area (Å²) in [6, 6.07) is 0. The summed E-state index contributed by atoms with van der Waals surface area (Å²) in [7, 11) is 0. The maximum absolute atomic E-state index is 10.1. The van der Waals surface area contributed by atoms with Gasteiger partial charge in [-0.25, -0.2) is 4.79 Å². The number of aliphatic hydroxyl groups is 1. The molecule has 0 rings (SSSR count). The van der Waals surface area contributed by atoms with Gasteiger partial charge in [0.25, 0.3) is 0 Å². The second-order valence-corrected chi connectivity index (χ2v) is 2.29. The van der Waals surface area contributed by atoms with Crippen LogP contribution in [0.4, 0.5) is 4.79 Å². The van der Waals surface area contributed by atoms with Gasteiger partial charge < -0.3 is 20.3 Å². The third-order valence-electron chi connectivity index (χ3n) is 1.26. The number of ether oxygens (including phenoxy) is 1. The molecule has 0 radical (unpaired) electrons. The van der Waals surface area contributed by atoms with Crippen molar-refractivity contribution in [3.05, 3.63) is 0 Å². The molecule has 0 aliphatic rings. The standard InChI is InChI=1S/C6H12N4O4/c7-10-9-5(14-4-3-11)1-2-8-6(12)13/h5,7-8,11H,1-4H2/p+1. The van der Waals surface area contributed by atoms with Gasteiger partial charge in [0.1, 0.15) is 10.6 Å². The third-order valence-corrected chi connectivity index (χ3v) is 1.26. The molecule has 1 atom stereocenters. The molecule has 0 aromatic rings. The number of rotatable bonds is 7. The lowest BCUT2D eigenvalue weighted by Gasteiger charge is -2.06. The average molecular weight is 205 g/mol. The molecule has 0 aromatic heterocycles. The number of hydrogen-bond acceptors (Lipinski definition) is 5. The Hall–Kier alpha value is -1.50. The van der Waals surface area contributed by atoms with E-state index in [0.29, 0.717) is 0 Å². The van der Waals surface area contributed by atoms with Crippen molar-refractivity contribution in [1.29, 1.82) is 5.53 Å². The average Bonchev–Trinajstić information content (AvgIpc) is 2.13. The zero-order chi connectivity index (χ0) is 10.8. The first-order valence-corrected chi connectivity index (χ1v) is 3.96. The molecule has 0 bridgehead atoms. The number of carboxylic acid groups (broad SMARTS) is 1. The number of nitrogens with one attached hydrogen (secondary N) is 2. The van der Waals surface area contributed by atoms with E-state index in [1.165, 1.54) is 0 Å². The zero-order valence-electron chi connectivity index (χ0n) is 7.51. The first-order valence-electron chi connectivity index (χ1n) is 3.96. The van der Waals surface area contributed by atoms with Crippen molar-refractivity contribution < 1.29 is 19.7 Å². The van der Waals surface area contributed by atoms with Crippen LogP contribution in [0.5, 0.6) is 0 Å². The van der Waals surface area contributed by atoms with Gasteiger partial charge in [0, 0.05) is 13.0 Å². The zero-order valence-corrected chi connectivity index (χ0v) is 7.51. The molecular weight excluding hydrogens is 192 g/mol. The Morgan fingerprint density at radius 1 is 1.71 bits per heavy atom. The van der Waals surface area contributed by atoms with Crippen molar-refractivity contribution in [2.45, 2.75) is 12.6 Å². The van der Waals surface area contributed by atoms with Crippen LogP contribution in [0, 0.1) is 5.53 Å². The summed E-state index contributed by atoms with van der Waals surface area (Å²) in [4.78, 5) is 12.8.